The largest absolute Gasteiger partial charge is 0.361 e. The third-order valence-electron chi connectivity index (χ3n) is 2.34. The number of thiocarbonyl (C=S) groups is 1. The van der Waals surface area contributed by atoms with Gasteiger partial charge < -0.3 is 15.5 Å². The molecule has 5 heteroatoms. The number of nitriles is 1. The van der Waals surface area contributed by atoms with E-state index in [9.17, 15) is 0 Å². The van der Waals surface area contributed by atoms with Crippen molar-refractivity contribution < 1.29 is 0 Å². The van der Waals surface area contributed by atoms with Crippen molar-refractivity contribution in [1.82, 2.24) is 10.2 Å². The van der Waals surface area contributed by atoms with Crippen molar-refractivity contribution in [2.75, 3.05) is 32.5 Å². The maximum atomic E-state index is 8.58. The number of nitrogens with zero attached hydrogens (tertiary/aromatic N) is 2. The Morgan fingerprint density at radius 2 is 2.00 bits per heavy atom. The van der Waals surface area contributed by atoms with E-state index < -0.39 is 0 Å². The first-order valence-electron chi connectivity index (χ1n) is 5.77. The second kappa shape index (κ2) is 7.64. The van der Waals surface area contributed by atoms with E-state index in [-0.39, 0.29) is 0 Å². The van der Waals surface area contributed by atoms with Crippen LogP contribution in [0, 0.1) is 11.3 Å². The molecule has 1 rings (SSSR count). The van der Waals surface area contributed by atoms with Gasteiger partial charge in [-0.3, -0.25) is 0 Å². The summed E-state index contributed by atoms with van der Waals surface area (Å²) in [6, 6.07) is 9.82. The van der Waals surface area contributed by atoms with Gasteiger partial charge >= 0.3 is 0 Å². The van der Waals surface area contributed by atoms with Crippen LogP contribution in [-0.4, -0.2) is 37.2 Å². The Morgan fingerprint density at radius 1 is 1.33 bits per heavy atom. The normalized spacial score (nSPS) is 9.89. The van der Waals surface area contributed by atoms with Crippen LogP contribution < -0.4 is 10.6 Å². The summed E-state index contributed by atoms with van der Waals surface area (Å²) >= 11 is 5.18. The number of likely N-dealkylation sites (N-methyl/N-ethyl adjacent to an activating group) is 1. The lowest BCUT2D eigenvalue weighted by Crippen LogP contribution is -2.34. The maximum Gasteiger partial charge on any atom is 0.170 e. The lowest BCUT2D eigenvalue weighted by Gasteiger charge is -2.13. The summed E-state index contributed by atoms with van der Waals surface area (Å²) in [5, 5.41) is 15.4. The third kappa shape index (κ3) is 5.62. The van der Waals surface area contributed by atoms with E-state index in [0.717, 1.165) is 24.3 Å². The van der Waals surface area contributed by atoms with Gasteiger partial charge in [0.25, 0.3) is 0 Å². The quantitative estimate of drug-likeness (QED) is 0.789. The Bertz CT molecular complexity index is 420. The minimum atomic E-state index is 0.436. The molecule has 0 spiro atoms. The molecule has 0 aromatic heterocycles. The fourth-order valence-electron chi connectivity index (χ4n) is 1.37. The first-order valence-corrected chi connectivity index (χ1v) is 6.18. The van der Waals surface area contributed by atoms with Crippen LogP contribution >= 0.6 is 12.2 Å². The van der Waals surface area contributed by atoms with E-state index in [1.807, 2.05) is 38.4 Å². The molecule has 0 amide bonds. The highest BCUT2D eigenvalue weighted by molar-refractivity contribution is 7.80. The van der Waals surface area contributed by atoms with E-state index in [4.69, 9.17) is 17.5 Å². The molecule has 0 aliphatic rings. The van der Waals surface area contributed by atoms with Gasteiger partial charge in [0.05, 0.1) is 12.5 Å². The molecule has 4 nitrogen and oxygen atoms in total. The van der Waals surface area contributed by atoms with E-state index in [1.165, 1.54) is 0 Å². The lowest BCUT2D eigenvalue weighted by molar-refractivity contribution is 0.413. The van der Waals surface area contributed by atoms with Crippen LogP contribution in [0.4, 0.5) is 5.69 Å². The third-order valence-corrected chi connectivity index (χ3v) is 2.59. The highest BCUT2D eigenvalue weighted by Crippen LogP contribution is 2.09. The molecule has 0 aliphatic carbocycles. The number of benzene rings is 1. The van der Waals surface area contributed by atoms with Gasteiger partial charge in [-0.2, -0.15) is 5.26 Å². The van der Waals surface area contributed by atoms with Gasteiger partial charge in [0.2, 0.25) is 0 Å². The zero-order valence-corrected chi connectivity index (χ0v) is 11.5. The van der Waals surface area contributed by atoms with Gasteiger partial charge in [-0.1, -0.05) is 12.1 Å². The topological polar surface area (TPSA) is 51.1 Å². The van der Waals surface area contributed by atoms with Crippen LogP contribution in [-0.2, 0) is 6.42 Å². The molecule has 1 aromatic carbocycles. The van der Waals surface area contributed by atoms with Crippen LogP contribution in [0.25, 0.3) is 0 Å². The van der Waals surface area contributed by atoms with E-state index in [1.54, 1.807) is 0 Å². The number of anilines is 1. The van der Waals surface area contributed by atoms with Gasteiger partial charge in [0.1, 0.15) is 0 Å². The minimum absolute atomic E-state index is 0.436. The molecule has 18 heavy (non-hydrogen) atoms. The smallest absolute Gasteiger partial charge is 0.170 e. The molecule has 0 bridgehead atoms. The molecule has 96 valence electrons. The summed E-state index contributed by atoms with van der Waals surface area (Å²) in [5.74, 6) is 0. The number of hydrogen-bond donors (Lipinski definition) is 2. The van der Waals surface area contributed by atoms with Crippen LogP contribution in [0.15, 0.2) is 24.3 Å². The second-order valence-electron chi connectivity index (χ2n) is 4.22. The maximum absolute atomic E-state index is 8.58. The van der Waals surface area contributed by atoms with Crippen LogP contribution in [0.1, 0.15) is 5.56 Å². The predicted molar refractivity (Wildman–Crippen MR) is 78.5 cm³/mol. The van der Waals surface area contributed by atoms with Crippen molar-refractivity contribution in [3.63, 3.8) is 0 Å². The second-order valence-corrected chi connectivity index (χ2v) is 4.62. The van der Waals surface area contributed by atoms with Gasteiger partial charge in [0, 0.05) is 18.8 Å². The molecular weight excluding hydrogens is 244 g/mol. The molecule has 1 aromatic rings. The lowest BCUT2D eigenvalue weighted by atomic mass is 10.1. The van der Waals surface area contributed by atoms with Crippen LogP contribution in [0.2, 0.25) is 0 Å². The fraction of sp³-hybridized carbons (Fsp3) is 0.385. The Kier molecular flexibility index (Phi) is 6.12. The molecule has 0 atom stereocenters. The molecule has 0 unspecified atom stereocenters. The zero-order chi connectivity index (χ0) is 13.4. The monoisotopic (exact) mass is 262 g/mol. The SMILES string of the molecule is CN(C)CCNC(=S)Nc1ccc(CC#N)cc1. The average molecular weight is 262 g/mol. The Balaban J connectivity index is 2.38. The summed E-state index contributed by atoms with van der Waals surface area (Å²) in [7, 11) is 4.04. The summed E-state index contributed by atoms with van der Waals surface area (Å²) in [6.45, 7) is 1.74. The van der Waals surface area contributed by atoms with E-state index in [0.29, 0.717) is 11.5 Å². The van der Waals surface area contributed by atoms with E-state index >= 15 is 0 Å². The van der Waals surface area contributed by atoms with Crippen LogP contribution in [0.3, 0.4) is 0 Å². The average Bonchev–Trinajstić information content (AvgIpc) is 2.31. The fourth-order valence-corrected chi connectivity index (χ4v) is 1.59. The number of hydrogen-bond acceptors (Lipinski definition) is 3. The van der Waals surface area contributed by atoms with Crippen molar-refractivity contribution in [3.8, 4) is 6.07 Å². The predicted octanol–water partition coefficient (Wildman–Crippen LogP) is 1.60. The number of nitrogens with one attached hydrogen (secondary N) is 2. The van der Waals surface area contributed by atoms with Crippen molar-refractivity contribution in [1.29, 1.82) is 5.26 Å². The molecule has 0 fully saturated rings. The van der Waals surface area contributed by atoms with Gasteiger partial charge in [-0.05, 0) is 44.0 Å². The first kappa shape index (κ1) is 14.4. The van der Waals surface area contributed by atoms with Gasteiger partial charge in [0.15, 0.2) is 5.11 Å². The molecule has 0 saturated heterocycles. The molecule has 2 N–H and O–H groups in total. The van der Waals surface area contributed by atoms with Gasteiger partial charge in [-0.25, -0.2) is 0 Å². The number of rotatable bonds is 5. The molecule has 0 aliphatic heterocycles. The van der Waals surface area contributed by atoms with Gasteiger partial charge in [-0.15, -0.1) is 0 Å². The summed E-state index contributed by atoms with van der Waals surface area (Å²) < 4.78 is 0. The molecule has 0 radical (unpaired) electrons. The zero-order valence-electron chi connectivity index (χ0n) is 10.7. The molecule has 0 saturated carbocycles. The standard InChI is InChI=1S/C13H18N4S/c1-17(2)10-9-15-13(18)16-12-5-3-11(4-6-12)7-8-14/h3-6H,7,9-10H2,1-2H3,(H2,15,16,18). The summed E-state index contributed by atoms with van der Waals surface area (Å²) in [6.07, 6.45) is 0.436. The minimum Gasteiger partial charge on any atom is -0.361 e. The Labute approximate surface area is 114 Å². The van der Waals surface area contributed by atoms with Crippen molar-refractivity contribution in [3.05, 3.63) is 29.8 Å². The molecule has 0 heterocycles. The van der Waals surface area contributed by atoms with Crippen molar-refractivity contribution >= 4 is 23.0 Å². The summed E-state index contributed by atoms with van der Waals surface area (Å²) in [4.78, 5) is 2.09. The Hall–Kier alpha value is -1.64. The summed E-state index contributed by atoms with van der Waals surface area (Å²) in [5.41, 5.74) is 1.94. The van der Waals surface area contributed by atoms with Crippen molar-refractivity contribution in [2.45, 2.75) is 6.42 Å². The molecular formula is C13H18N4S. The van der Waals surface area contributed by atoms with E-state index in [2.05, 4.69) is 21.6 Å². The van der Waals surface area contributed by atoms with Crippen LogP contribution in [0.5, 0.6) is 0 Å². The highest BCUT2D eigenvalue weighted by Gasteiger charge is 1.98. The highest BCUT2D eigenvalue weighted by atomic mass is 32.1. The first-order chi connectivity index (χ1) is 8.61. The van der Waals surface area contributed by atoms with Crippen molar-refractivity contribution in [2.24, 2.45) is 0 Å². The Morgan fingerprint density at radius 3 is 2.56 bits per heavy atom.